The topological polar surface area (TPSA) is 62.2 Å². The van der Waals surface area contributed by atoms with Crippen LogP contribution in [0.4, 0.5) is 0 Å². The second-order valence-electron chi connectivity index (χ2n) is 9.43. The predicted molar refractivity (Wildman–Crippen MR) is 135 cm³/mol. The lowest BCUT2D eigenvalue weighted by atomic mass is 10.00. The van der Waals surface area contributed by atoms with Gasteiger partial charge >= 0.3 is 0 Å². The number of phenolic OH excluding ortho intramolecular Hbond substituents is 2. The zero-order chi connectivity index (χ0) is 23.7. The monoisotopic (exact) mass is 477 g/mol. The smallest absolute Gasteiger partial charge is 0.140 e. The number of aromatic hydroxyl groups is 2. The van der Waals surface area contributed by atoms with Gasteiger partial charge in [0.15, 0.2) is 0 Å². The fraction of sp³-hybridized carbons (Fsp3) is 0.357. The van der Waals surface area contributed by atoms with Gasteiger partial charge in [0.05, 0.1) is 10.1 Å². The molecular formula is C28H31NO4S. The number of ether oxygens (including phenoxy) is 2. The molecule has 0 bridgehead atoms. The molecule has 0 aromatic heterocycles. The first-order valence-corrected chi connectivity index (χ1v) is 12.7. The van der Waals surface area contributed by atoms with Crippen LogP contribution in [0.15, 0.2) is 71.6 Å². The fourth-order valence-corrected chi connectivity index (χ4v) is 6.06. The highest BCUT2D eigenvalue weighted by molar-refractivity contribution is 7.99. The molecule has 5 rings (SSSR count). The third-order valence-corrected chi connectivity index (χ3v) is 8.20. The SMILES string of the molecule is C[C@H]1CN(CCOc2ccc([C@@H]3Oc4ccc(O)cc4S[C@@H]3c3cccc(O)c3)cc2)C[C@@H]1C. The molecule has 2 aliphatic heterocycles. The first-order valence-electron chi connectivity index (χ1n) is 11.9. The van der Waals surface area contributed by atoms with Crippen LogP contribution in [0.25, 0.3) is 0 Å². The van der Waals surface area contributed by atoms with Crippen LogP contribution in [0.2, 0.25) is 0 Å². The minimum Gasteiger partial charge on any atom is -0.508 e. The molecule has 0 saturated carbocycles. The van der Waals surface area contributed by atoms with Crippen LogP contribution in [-0.2, 0) is 0 Å². The zero-order valence-electron chi connectivity index (χ0n) is 19.6. The van der Waals surface area contributed by atoms with Gasteiger partial charge in [-0.2, -0.15) is 0 Å². The van der Waals surface area contributed by atoms with Crippen molar-refractivity contribution in [3.05, 3.63) is 77.9 Å². The molecule has 1 saturated heterocycles. The van der Waals surface area contributed by atoms with E-state index >= 15 is 0 Å². The number of fused-ring (bicyclic) bond motifs is 1. The molecule has 0 unspecified atom stereocenters. The molecule has 2 N–H and O–H groups in total. The van der Waals surface area contributed by atoms with E-state index in [1.807, 2.05) is 24.3 Å². The Kier molecular flexibility index (Phi) is 6.61. The highest BCUT2D eigenvalue weighted by Gasteiger charge is 2.34. The Balaban J connectivity index is 1.31. The molecule has 1 fully saturated rings. The number of benzene rings is 3. The van der Waals surface area contributed by atoms with E-state index in [2.05, 4.69) is 30.9 Å². The molecule has 6 heteroatoms. The van der Waals surface area contributed by atoms with Crippen LogP contribution in [0.1, 0.15) is 36.3 Å². The lowest BCUT2D eigenvalue weighted by Gasteiger charge is -2.34. The first kappa shape index (κ1) is 22.9. The summed E-state index contributed by atoms with van der Waals surface area (Å²) in [5.41, 5.74) is 2.01. The molecule has 0 aliphatic carbocycles. The van der Waals surface area contributed by atoms with Crippen molar-refractivity contribution in [1.29, 1.82) is 0 Å². The van der Waals surface area contributed by atoms with Gasteiger partial charge in [-0.25, -0.2) is 0 Å². The summed E-state index contributed by atoms with van der Waals surface area (Å²) in [5.74, 6) is 3.54. The molecule has 2 aliphatic rings. The summed E-state index contributed by atoms with van der Waals surface area (Å²) < 4.78 is 12.5. The highest BCUT2D eigenvalue weighted by atomic mass is 32.2. The van der Waals surface area contributed by atoms with Crippen molar-refractivity contribution in [3.63, 3.8) is 0 Å². The van der Waals surface area contributed by atoms with Crippen LogP contribution in [0.3, 0.4) is 0 Å². The fourth-order valence-electron chi connectivity index (χ4n) is 4.75. The second kappa shape index (κ2) is 9.80. The van der Waals surface area contributed by atoms with Gasteiger partial charge in [0.2, 0.25) is 0 Å². The molecule has 178 valence electrons. The third-order valence-electron chi connectivity index (χ3n) is 6.86. The lowest BCUT2D eigenvalue weighted by Crippen LogP contribution is -2.26. The van der Waals surface area contributed by atoms with Gasteiger partial charge in [-0.15, -0.1) is 11.8 Å². The van der Waals surface area contributed by atoms with E-state index in [4.69, 9.17) is 9.47 Å². The predicted octanol–water partition coefficient (Wildman–Crippen LogP) is 6.03. The Hall–Kier alpha value is -2.83. The third kappa shape index (κ3) is 4.98. The number of rotatable bonds is 6. The Labute approximate surface area is 205 Å². The Morgan fingerprint density at radius 1 is 0.912 bits per heavy atom. The van der Waals surface area contributed by atoms with E-state index < -0.39 is 0 Å². The number of hydrogen-bond acceptors (Lipinski definition) is 6. The van der Waals surface area contributed by atoms with Crippen LogP contribution >= 0.6 is 11.8 Å². The average molecular weight is 478 g/mol. The van der Waals surface area contributed by atoms with E-state index in [0.29, 0.717) is 6.61 Å². The van der Waals surface area contributed by atoms with Gasteiger partial charge in [-0.05, 0) is 65.4 Å². The lowest BCUT2D eigenvalue weighted by molar-refractivity contribution is 0.190. The van der Waals surface area contributed by atoms with E-state index in [9.17, 15) is 10.2 Å². The Bertz CT molecular complexity index is 1130. The van der Waals surface area contributed by atoms with E-state index in [1.54, 1.807) is 42.1 Å². The summed E-state index contributed by atoms with van der Waals surface area (Å²) in [6, 6.07) is 20.6. The second-order valence-corrected chi connectivity index (χ2v) is 10.6. The van der Waals surface area contributed by atoms with E-state index in [0.717, 1.165) is 59.0 Å². The molecule has 3 aromatic carbocycles. The van der Waals surface area contributed by atoms with Crippen molar-refractivity contribution in [1.82, 2.24) is 4.90 Å². The standard InChI is InChI=1S/C28H31NO4S/c1-18-16-29(17-19(18)2)12-13-32-24-9-6-20(7-10-24)27-28(21-4-3-5-22(30)14-21)34-26-15-23(31)8-11-25(26)33-27/h3-11,14-15,18-19,27-28,30-31H,12-13,16-17H2,1-2H3/t18-,19-,27-,28+/m0/s1. The number of likely N-dealkylation sites (tertiary alicyclic amines) is 1. The van der Waals surface area contributed by atoms with Crippen LogP contribution < -0.4 is 9.47 Å². The maximum atomic E-state index is 10.1. The molecule has 5 nitrogen and oxygen atoms in total. The van der Waals surface area contributed by atoms with Gasteiger partial charge in [0.1, 0.15) is 35.7 Å². The molecule has 4 atom stereocenters. The minimum absolute atomic E-state index is 0.0766. The van der Waals surface area contributed by atoms with Crippen molar-refractivity contribution < 1.29 is 19.7 Å². The molecular weight excluding hydrogens is 446 g/mol. The van der Waals surface area contributed by atoms with Crippen molar-refractivity contribution in [3.8, 4) is 23.0 Å². The van der Waals surface area contributed by atoms with Gasteiger partial charge in [0.25, 0.3) is 0 Å². The summed E-state index contributed by atoms with van der Waals surface area (Å²) in [5, 5.41) is 19.9. The van der Waals surface area contributed by atoms with Crippen LogP contribution in [-0.4, -0.2) is 41.4 Å². The minimum atomic E-state index is -0.245. The van der Waals surface area contributed by atoms with Crippen LogP contribution in [0, 0.1) is 11.8 Å². The summed E-state index contributed by atoms with van der Waals surface area (Å²) >= 11 is 1.64. The van der Waals surface area contributed by atoms with E-state index in [-0.39, 0.29) is 22.9 Å². The zero-order valence-corrected chi connectivity index (χ0v) is 20.4. The normalized spacial score (nSPS) is 24.4. The molecule has 0 amide bonds. The van der Waals surface area contributed by atoms with Gasteiger partial charge < -0.3 is 19.7 Å². The molecule has 2 heterocycles. The number of nitrogens with zero attached hydrogens (tertiary/aromatic N) is 1. The van der Waals surface area contributed by atoms with Gasteiger partial charge in [-0.3, -0.25) is 4.90 Å². The summed E-state index contributed by atoms with van der Waals surface area (Å²) in [4.78, 5) is 3.36. The Morgan fingerprint density at radius 3 is 2.38 bits per heavy atom. The van der Waals surface area contributed by atoms with Crippen LogP contribution in [0.5, 0.6) is 23.0 Å². The largest absolute Gasteiger partial charge is 0.508 e. The first-order chi connectivity index (χ1) is 16.5. The maximum Gasteiger partial charge on any atom is 0.140 e. The van der Waals surface area contributed by atoms with Crippen molar-refractivity contribution in [2.45, 2.75) is 30.1 Å². The molecule has 0 radical (unpaired) electrons. The van der Waals surface area contributed by atoms with Crippen molar-refractivity contribution in [2.75, 3.05) is 26.2 Å². The summed E-state index contributed by atoms with van der Waals surface area (Å²) in [6.45, 7) is 8.56. The highest BCUT2D eigenvalue weighted by Crippen LogP contribution is 2.54. The molecule has 3 aromatic rings. The number of phenols is 2. The van der Waals surface area contributed by atoms with Gasteiger partial charge in [-0.1, -0.05) is 38.1 Å². The Morgan fingerprint density at radius 2 is 1.65 bits per heavy atom. The molecule has 34 heavy (non-hydrogen) atoms. The number of hydrogen-bond donors (Lipinski definition) is 2. The maximum absolute atomic E-state index is 10.1. The summed E-state index contributed by atoms with van der Waals surface area (Å²) in [6.07, 6.45) is -0.245. The molecule has 0 spiro atoms. The van der Waals surface area contributed by atoms with Crippen molar-refractivity contribution >= 4 is 11.8 Å². The van der Waals surface area contributed by atoms with Crippen molar-refractivity contribution in [2.24, 2.45) is 11.8 Å². The summed E-state index contributed by atoms with van der Waals surface area (Å²) in [7, 11) is 0. The quantitative estimate of drug-likeness (QED) is 0.452. The average Bonchev–Trinajstić information content (AvgIpc) is 3.15. The number of thioether (sulfide) groups is 1. The van der Waals surface area contributed by atoms with E-state index in [1.165, 1.54) is 0 Å². The van der Waals surface area contributed by atoms with Gasteiger partial charge in [0, 0.05) is 19.6 Å².